The lowest BCUT2D eigenvalue weighted by Crippen LogP contribution is -2.28. The Morgan fingerprint density at radius 1 is 1.03 bits per heavy atom. The number of nitrogens with zero attached hydrogens (tertiary/aromatic N) is 1. The first-order valence-corrected chi connectivity index (χ1v) is 10.7. The number of hydrogen-bond donors (Lipinski definition) is 2. The average molecular weight is 413 g/mol. The van der Waals surface area contributed by atoms with Crippen LogP contribution in [0.4, 0.5) is 0 Å². The summed E-state index contributed by atoms with van der Waals surface area (Å²) in [5.74, 6) is -0.255. The molecule has 3 aromatic rings. The number of hydrogen-bond acceptors (Lipinski definition) is 5. The van der Waals surface area contributed by atoms with Crippen LogP contribution in [-0.4, -0.2) is 46.1 Å². The van der Waals surface area contributed by atoms with Crippen LogP contribution in [0, 0.1) is 0 Å². The third-order valence-corrected chi connectivity index (χ3v) is 5.90. The zero-order valence-corrected chi connectivity index (χ0v) is 16.9. The summed E-state index contributed by atoms with van der Waals surface area (Å²) in [4.78, 5) is 16.9. The second-order valence-corrected chi connectivity index (χ2v) is 8.18. The Morgan fingerprint density at radius 2 is 1.79 bits per heavy atom. The number of rotatable bonds is 9. The number of benzene rings is 2. The molecule has 2 N–H and O–H groups in total. The van der Waals surface area contributed by atoms with Gasteiger partial charge in [-0.25, -0.2) is 13.1 Å². The molecule has 1 amide bonds. The zero-order valence-electron chi connectivity index (χ0n) is 16.1. The molecular weight excluding hydrogens is 390 g/mol. The molecule has 1 heterocycles. The van der Waals surface area contributed by atoms with Gasteiger partial charge in [-0.2, -0.15) is 0 Å². The van der Waals surface area contributed by atoms with Gasteiger partial charge in [0.15, 0.2) is 0 Å². The molecule has 8 heteroatoms. The molecule has 3 rings (SSSR count). The number of carbonyl (C=O) groups excluding carboxylic acids is 1. The fraction of sp³-hybridized carbons (Fsp3) is 0.238. The number of sulfonamides is 1. The smallest absolute Gasteiger partial charge is 0.251 e. The van der Waals surface area contributed by atoms with E-state index in [4.69, 9.17) is 4.74 Å². The minimum absolute atomic E-state index is 0.104. The van der Waals surface area contributed by atoms with E-state index < -0.39 is 10.0 Å². The summed E-state index contributed by atoms with van der Waals surface area (Å²) in [5, 5.41) is 3.93. The van der Waals surface area contributed by atoms with E-state index in [0.29, 0.717) is 18.5 Å². The molecule has 7 nitrogen and oxygen atoms in total. The number of fused-ring (bicyclic) bond motifs is 1. The summed E-state index contributed by atoms with van der Waals surface area (Å²) in [6, 6.07) is 15.7. The lowest BCUT2D eigenvalue weighted by molar-refractivity contribution is 0.0954. The van der Waals surface area contributed by atoms with Crippen LogP contribution < -0.4 is 10.0 Å². The topological polar surface area (TPSA) is 97.4 Å². The summed E-state index contributed by atoms with van der Waals surface area (Å²) in [5.41, 5.74) is 2.39. The van der Waals surface area contributed by atoms with Crippen molar-refractivity contribution in [3.05, 3.63) is 71.9 Å². The number of carbonyl (C=O) groups is 1. The second-order valence-electron chi connectivity index (χ2n) is 6.41. The second kappa shape index (κ2) is 9.60. The molecule has 152 valence electrons. The van der Waals surface area contributed by atoms with Crippen LogP contribution in [0.3, 0.4) is 0 Å². The molecule has 0 saturated carbocycles. The van der Waals surface area contributed by atoms with Gasteiger partial charge in [0.1, 0.15) is 0 Å². The van der Waals surface area contributed by atoms with E-state index >= 15 is 0 Å². The maximum atomic E-state index is 12.4. The van der Waals surface area contributed by atoms with Gasteiger partial charge in [0.2, 0.25) is 10.0 Å². The molecule has 0 unspecified atom stereocenters. The van der Waals surface area contributed by atoms with E-state index in [-0.39, 0.29) is 24.0 Å². The van der Waals surface area contributed by atoms with Gasteiger partial charge in [-0.15, -0.1) is 0 Å². The molecule has 0 spiro atoms. The average Bonchev–Trinajstić information content (AvgIpc) is 2.74. The molecule has 0 atom stereocenters. The highest BCUT2D eigenvalue weighted by Crippen LogP contribution is 2.16. The summed E-state index contributed by atoms with van der Waals surface area (Å²) in [7, 11) is -2.12. The lowest BCUT2D eigenvalue weighted by Gasteiger charge is -2.09. The summed E-state index contributed by atoms with van der Waals surface area (Å²) < 4.78 is 31.6. The fourth-order valence-electron chi connectivity index (χ4n) is 2.93. The number of para-hydroxylation sites is 1. The number of nitrogens with one attached hydrogen (secondary N) is 2. The van der Waals surface area contributed by atoms with Crippen molar-refractivity contribution in [2.24, 2.45) is 0 Å². The van der Waals surface area contributed by atoms with E-state index in [1.807, 2.05) is 30.3 Å². The first-order valence-electron chi connectivity index (χ1n) is 9.21. The van der Waals surface area contributed by atoms with Gasteiger partial charge in [0.25, 0.3) is 5.91 Å². The molecule has 1 aromatic heterocycles. The molecule has 0 radical (unpaired) electrons. The number of ether oxygens (including phenoxy) is 1. The Bertz CT molecular complexity index is 1080. The molecule has 0 saturated heterocycles. The summed E-state index contributed by atoms with van der Waals surface area (Å²) in [6.07, 6.45) is 2.40. The van der Waals surface area contributed by atoms with E-state index in [0.717, 1.165) is 16.5 Å². The minimum Gasteiger partial charge on any atom is -0.383 e. The van der Waals surface area contributed by atoms with Crippen molar-refractivity contribution in [1.29, 1.82) is 0 Å². The molecule has 0 aliphatic carbocycles. The van der Waals surface area contributed by atoms with Gasteiger partial charge in [-0.1, -0.05) is 24.3 Å². The first-order chi connectivity index (χ1) is 14.0. The Morgan fingerprint density at radius 3 is 2.55 bits per heavy atom. The summed E-state index contributed by atoms with van der Waals surface area (Å²) in [6.45, 7) is 0.920. The van der Waals surface area contributed by atoms with Crippen LogP contribution in [0.5, 0.6) is 0 Å². The van der Waals surface area contributed by atoms with Crippen molar-refractivity contribution < 1.29 is 17.9 Å². The predicted octanol–water partition coefficient (Wildman–Crippen LogP) is 2.13. The van der Waals surface area contributed by atoms with Crippen LogP contribution in [0.2, 0.25) is 0 Å². The molecular formula is C21H23N3O4S. The van der Waals surface area contributed by atoms with E-state index in [2.05, 4.69) is 15.0 Å². The van der Waals surface area contributed by atoms with Gasteiger partial charge >= 0.3 is 0 Å². The fourth-order valence-corrected chi connectivity index (χ4v) is 3.94. The monoisotopic (exact) mass is 413 g/mol. The van der Waals surface area contributed by atoms with Crippen molar-refractivity contribution in [2.75, 3.05) is 26.8 Å². The standard InChI is InChI=1S/C21H23N3O4S/c1-28-15-14-24-29(26,27)19-9-7-18(8-10-19)21(25)23-13-11-17-5-2-4-16-6-3-12-22-20(16)17/h2-10,12,24H,11,13-15H2,1H3,(H,23,25). The maximum Gasteiger partial charge on any atom is 0.251 e. The maximum absolute atomic E-state index is 12.4. The van der Waals surface area contributed by atoms with E-state index in [1.165, 1.54) is 31.4 Å². The number of pyridine rings is 1. The first kappa shape index (κ1) is 20.9. The SMILES string of the molecule is COCCNS(=O)(=O)c1ccc(C(=O)NCCc2cccc3cccnc23)cc1. The highest BCUT2D eigenvalue weighted by molar-refractivity contribution is 7.89. The minimum atomic E-state index is -3.62. The Labute approximate surface area is 170 Å². The van der Waals surface area contributed by atoms with Crippen molar-refractivity contribution in [2.45, 2.75) is 11.3 Å². The highest BCUT2D eigenvalue weighted by Gasteiger charge is 2.14. The zero-order chi connectivity index (χ0) is 20.7. The van der Waals surface area contributed by atoms with Crippen LogP contribution in [0.15, 0.2) is 65.7 Å². The Balaban J connectivity index is 1.58. The number of aromatic nitrogens is 1. The van der Waals surface area contributed by atoms with Gasteiger partial charge in [0.05, 0.1) is 17.0 Å². The molecule has 2 aromatic carbocycles. The van der Waals surface area contributed by atoms with Crippen LogP contribution >= 0.6 is 0 Å². The van der Waals surface area contributed by atoms with E-state index in [9.17, 15) is 13.2 Å². The van der Waals surface area contributed by atoms with Gasteiger partial charge < -0.3 is 10.1 Å². The number of methoxy groups -OCH3 is 1. The van der Waals surface area contributed by atoms with Crippen LogP contribution in [0.1, 0.15) is 15.9 Å². The third-order valence-electron chi connectivity index (χ3n) is 4.42. The molecule has 0 aliphatic rings. The van der Waals surface area contributed by atoms with E-state index in [1.54, 1.807) is 6.20 Å². The Kier molecular flexibility index (Phi) is 6.92. The lowest BCUT2D eigenvalue weighted by atomic mass is 10.1. The quantitative estimate of drug-likeness (QED) is 0.524. The molecule has 0 fully saturated rings. The normalized spacial score (nSPS) is 11.5. The third kappa shape index (κ3) is 5.38. The number of amides is 1. The Hall–Kier alpha value is -2.81. The van der Waals surface area contributed by atoms with Crippen molar-refractivity contribution in [1.82, 2.24) is 15.0 Å². The molecule has 0 bridgehead atoms. The van der Waals surface area contributed by atoms with Crippen molar-refractivity contribution in [3.8, 4) is 0 Å². The highest BCUT2D eigenvalue weighted by atomic mass is 32.2. The van der Waals surface area contributed by atoms with Gasteiger partial charge in [0, 0.05) is 37.3 Å². The van der Waals surface area contributed by atoms with Gasteiger partial charge in [-0.3, -0.25) is 9.78 Å². The van der Waals surface area contributed by atoms with Gasteiger partial charge in [-0.05, 0) is 42.3 Å². The van der Waals surface area contributed by atoms with Crippen LogP contribution in [0.25, 0.3) is 10.9 Å². The van der Waals surface area contributed by atoms with Crippen molar-refractivity contribution in [3.63, 3.8) is 0 Å². The largest absolute Gasteiger partial charge is 0.383 e. The van der Waals surface area contributed by atoms with Crippen molar-refractivity contribution >= 4 is 26.8 Å². The molecule has 29 heavy (non-hydrogen) atoms. The van der Waals surface area contributed by atoms with Crippen LogP contribution in [-0.2, 0) is 21.2 Å². The summed E-state index contributed by atoms with van der Waals surface area (Å²) >= 11 is 0. The molecule has 0 aliphatic heterocycles. The predicted molar refractivity (Wildman–Crippen MR) is 111 cm³/mol.